The topological polar surface area (TPSA) is 35.2 Å². The number of rotatable bonds is 2. The molecule has 2 nitrogen and oxygen atoms in total. The van der Waals surface area contributed by atoms with Gasteiger partial charge in [0.05, 0.1) is 0 Å². The lowest BCUT2D eigenvalue weighted by Gasteiger charge is -2.31. The number of hydrogen-bond donors (Lipinski definition) is 1. The van der Waals surface area contributed by atoms with Crippen molar-refractivity contribution in [1.29, 1.82) is 0 Å². The van der Waals surface area contributed by atoms with Gasteiger partial charge in [-0.2, -0.15) is 0 Å². The van der Waals surface area contributed by atoms with Crippen LogP contribution in [0.3, 0.4) is 0 Å². The minimum atomic E-state index is 0.433. The summed E-state index contributed by atoms with van der Waals surface area (Å²) < 4.78 is 5.12. The van der Waals surface area contributed by atoms with Gasteiger partial charge in [0.2, 0.25) is 0 Å². The molecule has 0 aliphatic heterocycles. The predicted molar refractivity (Wildman–Crippen MR) is 46.4 cm³/mol. The highest BCUT2D eigenvalue weighted by molar-refractivity contribution is 4.79. The molecule has 11 heavy (non-hydrogen) atoms. The van der Waals surface area contributed by atoms with Crippen LogP contribution in [0.25, 0.3) is 0 Å². The third kappa shape index (κ3) is 2.46. The Hall–Kier alpha value is -0.0800. The first kappa shape index (κ1) is 9.01. The fourth-order valence-electron chi connectivity index (χ4n) is 1.92. The molecule has 1 rings (SSSR count). The van der Waals surface area contributed by atoms with Crippen LogP contribution < -0.4 is 5.73 Å². The van der Waals surface area contributed by atoms with E-state index in [0.29, 0.717) is 12.0 Å². The molecule has 3 atom stereocenters. The fraction of sp³-hybridized carbons (Fsp3) is 1.00. The summed E-state index contributed by atoms with van der Waals surface area (Å²) in [5.41, 5.74) is 5.90. The van der Waals surface area contributed by atoms with Gasteiger partial charge in [0.1, 0.15) is 0 Å². The van der Waals surface area contributed by atoms with Crippen LogP contribution >= 0.6 is 0 Å². The van der Waals surface area contributed by atoms with Gasteiger partial charge in [-0.3, -0.25) is 0 Å². The maximum atomic E-state index is 5.90. The van der Waals surface area contributed by atoms with Gasteiger partial charge in [0.15, 0.2) is 0 Å². The van der Waals surface area contributed by atoms with Crippen LogP contribution in [0, 0.1) is 11.8 Å². The third-order valence-corrected chi connectivity index (χ3v) is 2.75. The highest BCUT2D eigenvalue weighted by Gasteiger charge is 2.24. The smallest absolute Gasteiger partial charge is 0.0490 e. The van der Waals surface area contributed by atoms with Crippen molar-refractivity contribution in [2.75, 3.05) is 13.7 Å². The zero-order valence-electron chi connectivity index (χ0n) is 7.55. The van der Waals surface area contributed by atoms with Gasteiger partial charge in [0, 0.05) is 19.8 Å². The monoisotopic (exact) mass is 157 g/mol. The van der Waals surface area contributed by atoms with E-state index in [2.05, 4.69) is 6.92 Å². The van der Waals surface area contributed by atoms with E-state index in [1.807, 2.05) is 0 Å². The standard InChI is InChI=1S/C9H19NO/c1-7-5-8(6-11-2)3-4-9(7)10/h7-9H,3-6,10H2,1-2H3/t7-,8+,9+/m1/s1. The molecule has 0 aromatic rings. The molecule has 66 valence electrons. The number of nitrogens with two attached hydrogens (primary N) is 1. The molecule has 0 aromatic heterocycles. The Kier molecular flexibility index (Phi) is 3.34. The third-order valence-electron chi connectivity index (χ3n) is 2.75. The van der Waals surface area contributed by atoms with E-state index >= 15 is 0 Å². The molecule has 0 spiro atoms. The number of ether oxygens (including phenoxy) is 1. The molecule has 0 amide bonds. The molecule has 0 aromatic carbocycles. The molecule has 0 heterocycles. The maximum Gasteiger partial charge on any atom is 0.0490 e. The molecule has 2 heteroatoms. The van der Waals surface area contributed by atoms with Gasteiger partial charge in [-0.1, -0.05) is 6.92 Å². The molecule has 0 bridgehead atoms. The molecule has 1 saturated carbocycles. The van der Waals surface area contributed by atoms with Crippen LogP contribution in [-0.2, 0) is 4.74 Å². The predicted octanol–water partition coefficient (Wildman–Crippen LogP) is 1.40. The summed E-state index contributed by atoms with van der Waals surface area (Å²) in [6.45, 7) is 3.16. The van der Waals surface area contributed by atoms with Crippen LogP contribution in [0.4, 0.5) is 0 Å². The second-order valence-corrected chi connectivity index (χ2v) is 3.78. The van der Waals surface area contributed by atoms with Gasteiger partial charge >= 0.3 is 0 Å². The minimum Gasteiger partial charge on any atom is -0.384 e. The Morgan fingerprint density at radius 2 is 2.18 bits per heavy atom. The normalized spacial score (nSPS) is 39.0. The van der Waals surface area contributed by atoms with E-state index in [1.54, 1.807) is 7.11 Å². The Bertz CT molecular complexity index is 116. The minimum absolute atomic E-state index is 0.433. The summed E-state index contributed by atoms with van der Waals surface area (Å²) in [5.74, 6) is 1.44. The maximum absolute atomic E-state index is 5.90. The van der Waals surface area contributed by atoms with Gasteiger partial charge in [-0.25, -0.2) is 0 Å². The van der Waals surface area contributed by atoms with E-state index in [-0.39, 0.29) is 0 Å². The van der Waals surface area contributed by atoms with Crippen molar-refractivity contribution in [3.05, 3.63) is 0 Å². The molecule has 1 aliphatic rings. The molecule has 2 N–H and O–H groups in total. The van der Waals surface area contributed by atoms with Gasteiger partial charge in [-0.15, -0.1) is 0 Å². The van der Waals surface area contributed by atoms with E-state index < -0.39 is 0 Å². The Morgan fingerprint density at radius 1 is 1.45 bits per heavy atom. The lowest BCUT2D eigenvalue weighted by molar-refractivity contribution is 0.111. The Labute approximate surface area is 69.1 Å². The molecule has 1 fully saturated rings. The van der Waals surface area contributed by atoms with Crippen molar-refractivity contribution in [2.45, 2.75) is 32.2 Å². The van der Waals surface area contributed by atoms with Crippen molar-refractivity contribution in [2.24, 2.45) is 17.6 Å². The summed E-state index contributed by atoms with van der Waals surface area (Å²) in [6, 6.07) is 0.433. The molecule has 0 radical (unpaired) electrons. The largest absolute Gasteiger partial charge is 0.384 e. The SMILES string of the molecule is COC[C@H]1CC[C@H](N)[C@H](C)C1. The van der Waals surface area contributed by atoms with E-state index in [0.717, 1.165) is 12.5 Å². The molecule has 0 saturated heterocycles. The van der Waals surface area contributed by atoms with Gasteiger partial charge in [0.25, 0.3) is 0 Å². The fourth-order valence-corrected chi connectivity index (χ4v) is 1.92. The highest BCUT2D eigenvalue weighted by Crippen LogP contribution is 2.27. The van der Waals surface area contributed by atoms with Crippen LogP contribution in [0.5, 0.6) is 0 Å². The molecular weight excluding hydrogens is 138 g/mol. The first-order chi connectivity index (χ1) is 5.24. The van der Waals surface area contributed by atoms with Crippen molar-refractivity contribution in [3.63, 3.8) is 0 Å². The Balaban J connectivity index is 2.28. The van der Waals surface area contributed by atoms with E-state index in [1.165, 1.54) is 19.3 Å². The molecule has 0 unspecified atom stereocenters. The van der Waals surface area contributed by atoms with E-state index in [4.69, 9.17) is 10.5 Å². The quantitative estimate of drug-likeness (QED) is 0.657. The summed E-state index contributed by atoms with van der Waals surface area (Å²) in [6.07, 6.45) is 3.67. The lowest BCUT2D eigenvalue weighted by Crippen LogP contribution is -2.35. The number of methoxy groups -OCH3 is 1. The van der Waals surface area contributed by atoms with Crippen LogP contribution in [0.15, 0.2) is 0 Å². The van der Waals surface area contributed by atoms with Crippen molar-refractivity contribution >= 4 is 0 Å². The summed E-state index contributed by atoms with van der Waals surface area (Å²) in [5, 5.41) is 0. The van der Waals surface area contributed by atoms with Crippen LogP contribution in [0.1, 0.15) is 26.2 Å². The average molecular weight is 157 g/mol. The molecule has 1 aliphatic carbocycles. The first-order valence-electron chi connectivity index (χ1n) is 4.48. The first-order valence-corrected chi connectivity index (χ1v) is 4.48. The zero-order valence-corrected chi connectivity index (χ0v) is 7.55. The van der Waals surface area contributed by atoms with Crippen LogP contribution in [-0.4, -0.2) is 19.8 Å². The second kappa shape index (κ2) is 4.07. The zero-order chi connectivity index (χ0) is 8.27. The number of hydrogen-bond acceptors (Lipinski definition) is 2. The summed E-state index contributed by atoms with van der Waals surface area (Å²) >= 11 is 0. The van der Waals surface area contributed by atoms with Crippen molar-refractivity contribution in [3.8, 4) is 0 Å². The summed E-state index contributed by atoms with van der Waals surface area (Å²) in [7, 11) is 1.78. The van der Waals surface area contributed by atoms with Crippen LogP contribution in [0.2, 0.25) is 0 Å². The van der Waals surface area contributed by atoms with E-state index in [9.17, 15) is 0 Å². The Morgan fingerprint density at radius 3 is 2.73 bits per heavy atom. The average Bonchev–Trinajstić information content (AvgIpc) is 1.98. The lowest BCUT2D eigenvalue weighted by atomic mass is 9.80. The second-order valence-electron chi connectivity index (χ2n) is 3.78. The highest BCUT2D eigenvalue weighted by atomic mass is 16.5. The van der Waals surface area contributed by atoms with Gasteiger partial charge < -0.3 is 10.5 Å². The van der Waals surface area contributed by atoms with Crippen molar-refractivity contribution in [1.82, 2.24) is 0 Å². The van der Waals surface area contributed by atoms with Crippen molar-refractivity contribution < 1.29 is 4.74 Å². The molecular formula is C9H19NO. The van der Waals surface area contributed by atoms with Gasteiger partial charge in [-0.05, 0) is 31.1 Å². The summed E-state index contributed by atoms with van der Waals surface area (Å²) in [4.78, 5) is 0.